The van der Waals surface area contributed by atoms with E-state index in [-0.39, 0.29) is 17.9 Å². The Hall–Kier alpha value is -1.92. The second kappa shape index (κ2) is 9.92. The molecule has 0 spiro atoms. The van der Waals surface area contributed by atoms with E-state index in [1.54, 1.807) is 0 Å². The fraction of sp³-hybridized carbons (Fsp3) is 0.667. The molecule has 1 aromatic rings. The Balaban J connectivity index is 1.16. The van der Waals surface area contributed by atoms with Gasteiger partial charge in [0.25, 0.3) is 5.91 Å². The van der Waals surface area contributed by atoms with Gasteiger partial charge in [0.05, 0.1) is 6.54 Å². The molecule has 0 aromatic heterocycles. The van der Waals surface area contributed by atoms with E-state index in [9.17, 15) is 9.59 Å². The zero-order chi connectivity index (χ0) is 20.9. The molecule has 2 aliphatic heterocycles. The Morgan fingerprint density at radius 2 is 1.53 bits per heavy atom. The number of aryl methyl sites for hydroxylation is 1. The van der Waals surface area contributed by atoms with Crippen LogP contribution in [0.25, 0.3) is 0 Å². The number of likely N-dealkylation sites (tertiary alicyclic amines) is 1. The molecule has 3 fully saturated rings. The second-order valence-corrected chi connectivity index (χ2v) is 9.24. The SMILES string of the molecule is Cc1ccc(C(=O)NC2CCN(CC(=O)N3CCN(C4CCCC4)CC3)CC2)cc1. The summed E-state index contributed by atoms with van der Waals surface area (Å²) >= 11 is 0. The summed E-state index contributed by atoms with van der Waals surface area (Å²) in [7, 11) is 0. The van der Waals surface area contributed by atoms with Gasteiger partial charge in [0.1, 0.15) is 0 Å². The molecule has 6 nitrogen and oxygen atoms in total. The van der Waals surface area contributed by atoms with Crippen molar-refractivity contribution in [3.63, 3.8) is 0 Å². The van der Waals surface area contributed by atoms with Gasteiger partial charge in [0.2, 0.25) is 5.91 Å². The highest BCUT2D eigenvalue weighted by molar-refractivity contribution is 5.94. The number of carbonyl (C=O) groups is 2. The average molecular weight is 413 g/mol. The lowest BCUT2D eigenvalue weighted by Gasteiger charge is -2.39. The van der Waals surface area contributed by atoms with Crippen LogP contribution in [0.15, 0.2) is 24.3 Å². The van der Waals surface area contributed by atoms with Crippen LogP contribution >= 0.6 is 0 Å². The molecule has 2 amide bonds. The number of piperidine rings is 1. The van der Waals surface area contributed by atoms with Crippen molar-refractivity contribution in [3.8, 4) is 0 Å². The number of carbonyl (C=O) groups excluding carboxylic acids is 2. The van der Waals surface area contributed by atoms with Crippen molar-refractivity contribution in [2.75, 3.05) is 45.8 Å². The van der Waals surface area contributed by atoms with E-state index in [2.05, 4.69) is 20.0 Å². The van der Waals surface area contributed by atoms with E-state index in [1.807, 2.05) is 31.2 Å². The van der Waals surface area contributed by atoms with Gasteiger partial charge in [-0.15, -0.1) is 0 Å². The first kappa shape index (κ1) is 21.3. The normalized spacial score (nSPS) is 22.4. The molecule has 30 heavy (non-hydrogen) atoms. The number of nitrogens with one attached hydrogen (secondary N) is 1. The lowest BCUT2D eigenvalue weighted by molar-refractivity contribution is -0.134. The van der Waals surface area contributed by atoms with E-state index in [0.29, 0.717) is 6.54 Å². The molecular formula is C24H36N4O2. The topological polar surface area (TPSA) is 55.9 Å². The summed E-state index contributed by atoms with van der Waals surface area (Å²) in [6.07, 6.45) is 7.21. The number of hydrogen-bond donors (Lipinski definition) is 1. The Labute approximate surface area is 180 Å². The lowest BCUT2D eigenvalue weighted by atomic mass is 10.0. The summed E-state index contributed by atoms with van der Waals surface area (Å²) in [5.41, 5.74) is 1.87. The van der Waals surface area contributed by atoms with Gasteiger partial charge >= 0.3 is 0 Å². The fourth-order valence-corrected chi connectivity index (χ4v) is 5.11. The Bertz CT molecular complexity index is 713. The summed E-state index contributed by atoms with van der Waals surface area (Å²) in [5, 5.41) is 3.16. The monoisotopic (exact) mass is 412 g/mol. The van der Waals surface area contributed by atoms with E-state index >= 15 is 0 Å². The molecule has 1 saturated carbocycles. The smallest absolute Gasteiger partial charge is 0.251 e. The van der Waals surface area contributed by atoms with Crippen molar-refractivity contribution in [3.05, 3.63) is 35.4 Å². The maximum absolute atomic E-state index is 12.8. The zero-order valence-electron chi connectivity index (χ0n) is 18.3. The molecule has 1 N–H and O–H groups in total. The molecule has 164 valence electrons. The number of amides is 2. The fourth-order valence-electron chi connectivity index (χ4n) is 5.11. The van der Waals surface area contributed by atoms with Crippen LogP contribution in [0.5, 0.6) is 0 Å². The number of hydrogen-bond acceptors (Lipinski definition) is 4. The van der Waals surface area contributed by atoms with Gasteiger partial charge in [-0.05, 0) is 44.7 Å². The third-order valence-corrected chi connectivity index (χ3v) is 7.10. The van der Waals surface area contributed by atoms with E-state index in [4.69, 9.17) is 0 Å². The van der Waals surface area contributed by atoms with Crippen molar-refractivity contribution in [1.29, 1.82) is 0 Å². The molecule has 4 rings (SSSR count). The van der Waals surface area contributed by atoms with Gasteiger partial charge in [-0.3, -0.25) is 19.4 Å². The average Bonchev–Trinajstić information content (AvgIpc) is 3.30. The molecule has 6 heteroatoms. The predicted molar refractivity (Wildman–Crippen MR) is 119 cm³/mol. The van der Waals surface area contributed by atoms with Crippen LogP contribution in [0, 0.1) is 6.92 Å². The van der Waals surface area contributed by atoms with E-state index in [0.717, 1.165) is 69.3 Å². The van der Waals surface area contributed by atoms with E-state index < -0.39 is 0 Å². The quantitative estimate of drug-likeness (QED) is 0.806. The molecule has 0 atom stereocenters. The Morgan fingerprint density at radius 3 is 2.17 bits per heavy atom. The molecule has 0 bridgehead atoms. The van der Waals surface area contributed by atoms with Gasteiger partial charge in [-0.1, -0.05) is 30.5 Å². The highest BCUT2D eigenvalue weighted by Crippen LogP contribution is 2.24. The number of nitrogens with zero attached hydrogens (tertiary/aromatic N) is 3. The lowest BCUT2D eigenvalue weighted by Crippen LogP contribution is -2.54. The minimum Gasteiger partial charge on any atom is -0.349 e. The number of rotatable bonds is 5. The van der Waals surface area contributed by atoms with E-state index in [1.165, 1.54) is 25.7 Å². The molecule has 3 aliphatic rings. The molecule has 1 aromatic carbocycles. The zero-order valence-corrected chi connectivity index (χ0v) is 18.3. The number of piperazine rings is 1. The summed E-state index contributed by atoms with van der Waals surface area (Å²) in [4.78, 5) is 32.1. The van der Waals surface area contributed by atoms with Gasteiger partial charge in [-0.2, -0.15) is 0 Å². The summed E-state index contributed by atoms with van der Waals surface area (Å²) in [6, 6.07) is 8.65. The molecule has 1 aliphatic carbocycles. The third-order valence-electron chi connectivity index (χ3n) is 7.10. The van der Waals surface area contributed by atoms with Crippen LogP contribution in [-0.2, 0) is 4.79 Å². The molecule has 2 heterocycles. The predicted octanol–water partition coefficient (Wildman–Crippen LogP) is 2.28. The van der Waals surface area contributed by atoms with Gasteiger partial charge in [0.15, 0.2) is 0 Å². The summed E-state index contributed by atoms with van der Waals surface area (Å²) in [6.45, 7) is 8.08. The molecule has 0 radical (unpaired) electrons. The third kappa shape index (κ3) is 5.41. The van der Waals surface area contributed by atoms with Crippen LogP contribution < -0.4 is 5.32 Å². The minimum atomic E-state index is 0.00431. The van der Waals surface area contributed by atoms with Crippen molar-refractivity contribution in [2.45, 2.75) is 57.5 Å². The van der Waals surface area contributed by atoms with Crippen molar-refractivity contribution in [2.24, 2.45) is 0 Å². The van der Waals surface area contributed by atoms with Crippen LogP contribution in [-0.4, -0.2) is 84.4 Å². The standard InChI is InChI=1S/C24H36N4O2/c1-19-6-8-20(9-7-19)24(30)25-21-10-12-26(13-11-21)18-23(29)28-16-14-27(15-17-28)22-4-2-3-5-22/h6-9,21-22H,2-5,10-18H2,1H3,(H,25,30). The first-order chi connectivity index (χ1) is 14.6. The highest BCUT2D eigenvalue weighted by atomic mass is 16.2. The second-order valence-electron chi connectivity index (χ2n) is 9.24. The first-order valence-corrected chi connectivity index (χ1v) is 11.7. The van der Waals surface area contributed by atoms with Crippen molar-refractivity contribution in [1.82, 2.24) is 20.0 Å². The maximum atomic E-state index is 12.8. The maximum Gasteiger partial charge on any atom is 0.251 e. The van der Waals surface area contributed by atoms with Gasteiger partial charge in [-0.25, -0.2) is 0 Å². The summed E-state index contributed by atoms with van der Waals surface area (Å²) in [5.74, 6) is 0.271. The largest absolute Gasteiger partial charge is 0.349 e. The molecule has 2 saturated heterocycles. The first-order valence-electron chi connectivity index (χ1n) is 11.7. The molecular weight excluding hydrogens is 376 g/mol. The van der Waals surface area contributed by atoms with Gasteiger partial charge < -0.3 is 10.2 Å². The van der Waals surface area contributed by atoms with Crippen LogP contribution in [0.3, 0.4) is 0 Å². The van der Waals surface area contributed by atoms with Crippen LogP contribution in [0.4, 0.5) is 0 Å². The highest BCUT2D eigenvalue weighted by Gasteiger charge is 2.29. The Morgan fingerprint density at radius 1 is 0.900 bits per heavy atom. The van der Waals surface area contributed by atoms with Gasteiger partial charge in [0, 0.05) is 56.9 Å². The molecule has 0 unspecified atom stereocenters. The minimum absolute atomic E-state index is 0.00431. The van der Waals surface area contributed by atoms with Crippen molar-refractivity contribution < 1.29 is 9.59 Å². The van der Waals surface area contributed by atoms with Crippen LogP contribution in [0.2, 0.25) is 0 Å². The number of benzene rings is 1. The Kier molecular flexibility index (Phi) is 7.05. The van der Waals surface area contributed by atoms with Crippen molar-refractivity contribution >= 4 is 11.8 Å². The van der Waals surface area contributed by atoms with Crippen LogP contribution in [0.1, 0.15) is 54.4 Å². The summed E-state index contributed by atoms with van der Waals surface area (Å²) < 4.78 is 0.